The fraction of sp³-hybridized carbons (Fsp3) is 0.500. The fourth-order valence-electron chi connectivity index (χ4n) is 2.49. The highest BCUT2D eigenvalue weighted by molar-refractivity contribution is 5.24. The molecule has 0 saturated heterocycles. The number of hydrogen-bond acceptors (Lipinski definition) is 1. The lowest BCUT2D eigenvalue weighted by molar-refractivity contribution is 0.512. The van der Waals surface area contributed by atoms with Gasteiger partial charge in [0.2, 0.25) is 0 Å². The zero-order valence-electron chi connectivity index (χ0n) is 8.76. The van der Waals surface area contributed by atoms with Crippen LogP contribution in [-0.4, -0.2) is 13.1 Å². The van der Waals surface area contributed by atoms with Crippen LogP contribution >= 0.6 is 0 Å². The molecular weight excluding hydrogens is 196 g/mol. The van der Waals surface area contributed by atoms with E-state index in [2.05, 4.69) is 5.32 Å². The van der Waals surface area contributed by atoms with Gasteiger partial charge in [0.25, 0.3) is 0 Å². The summed E-state index contributed by atoms with van der Waals surface area (Å²) in [5.74, 6) is -0.710. The van der Waals surface area contributed by atoms with Crippen LogP contribution in [0.2, 0.25) is 0 Å². The van der Waals surface area contributed by atoms with Gasteiger partial charge in [0, 0.05) is 12.1 Å². The van der Waals surface area contributed by atoms with Gasteiger partial charge in [-0.3, -0.25) is 0 Å². The average Bonchev–Trinajstić information content (AvgIpc) is 2.63. The van der Waals surface area contributed by atoms with E-state index < -0.39 is 11.6 Å². The third-order valence-corrected chi connectivity index (χ3v) is 3.20. The summed E-state index contributed by atoms with van der Waals surface area (Å²) >= 11 is 0. The molecule has 2 atom stereocenters. The highest BCUT2D eigenvalue weighted by Crippen LogP contribution is 2.34. The van der Waals surface area contributed by atoms with E-state index in [1.807, 2.05) is 7.05 Å². The molecule has 3 heteroatoms. The summed E-state index contributed by atoms with van der Waals surface area (Å²) in [6, 6.07) is 4.17. The maximum atomic E-state index is 13.1. The van der Waals surface area contributed by atoms with E-state index in [1.165, 1.54) is 12.1 Å². The molecule has 0 unspecified atom stereocenters. The highest BCUT2D eigenvalue weighted by Gasteiger charge is 2.27. The molecule has 1 saturated carbocycles. The molecule has 2 rings (SSSR count). The van der Waals surface area contributed by atoms with Gasteiger partial charge >= 0.3 is 0 Å². The second-order valence-corrected chi connectivity index (χ2v) is 4.14. The Kier molecular flexibility index (Phi) is 3.00. The number of halogens is 2. The largest absolute Gasteiger partial charge is 0.316 e. The normalized spacial score (nSPS) is 25.8. The van der Waals surface area contributed by atoms with Crippen molar-refractivity contribution >= 4 is 0 Å². The van der Waals surface area contributed by atoms with Crippen LogP contribution in [-0.2, 0) is 0 Å². The molecule has 1 aliphatic rings. The Labute approximate surface area is 88.5 Å². The molecule has 1 nitrogen and oxygen atoms in total. The van der Waals surface area contributed by atoms with E-state index in [0.29, 0.717) is 6.04 Å². The van der Waals surface area contributed by atoms with Crippen molar-refractivity contribution in [3.8, 4) is 0 Å². The summed E-state index contributed by atoms with van der Waals surface area (Å²) in [5, 5.41) is 3.21. The van der Waals surface area contributed by atoms with Crippen LogP contribution in [0.5, 0.6) is 0 Å². The van der Waals surface area contributed by atoms with Gasteiger partial charge in [-0.1, -0.05) is 6.42 Å². The van der Waals surface area contributed by atoms with Crippen molar-refractivity contribution in [2.45, 2.75) is 31.2 Å². The monoisotopic (exact) mass is 211 g/mol. The highest BCUT2D eigenvalue weighted by atomic mass is 19.1. The lowest BCUT2D eigenvalue weighted by Crippen LogP contribution is -2.27. The van der Waals surface area contributed by atoms with Crippen LogP contribution in [0.4, 0.5) is 8.78 Å². The van der Waals surface area contributed by atoms with Gasteiger partial charge in [0.05, 0.1) is 0 Å². The summed E-state index contributed by atoms with van der Waals surface area (Å²) < 4.78 is 26.1. The Bertz CT molecular complexity index is 331. The molecule has 1 aromatic carbocycles. The first-order valence-corrected chi connectivity index (χ1v) is 5.34. The first kappa shape index (κ1) is 10.6. The van der Waals surface area contributed by atoms with Crippen molar-refractivity contribution in [2.75, 3.05) is 7.05 Å². The molecule has 1 aromatic rings. The average molecular weight is 211 g/mol. The van der Waals surface area contributed by atoms with Crippen molar-refractivity contribution in [1.82, 2.24) is 5.32 Å². The lowest BCUT2D eigenvalue weighted by atomic mass is 9.94. The molecule has 0 bridgehead atoms. The van der Waals surface area contributed by atoms with Gasteiger partial charge in [-0.15, -0.1) is 0 Å². The molecule has 0 amide bonds. The molecule has 82 valence electrons. The topological polar surface area (TPSA) is 12.0 Å². The minimum Gasteiger partial charge on any atom is -0.316 e. The zero-order valence-corrected chi connectivity index (χ0v) is 8.76. The molecule has 1 fully saturated rings. The van der Waals surface area contributed by atoms with E-state index in [4.69, 9.17) is 0 Å². The van der Waals surface area contributed by atoms with Crippen LogP contribution in [0, 0.1) is 11.6 Å². The standard InChI is InChI=1S/C12H15F2N/c1-15-12-4-2-3-11(12)8-5-9(13)7-10(14)6-8/h5-7,11-12,15H,2-4H2,1H3/t11-,12-/m1/s1. The second-order valence-electron chi connectivity index (χ2n) is 4.14. The Morgan fingerprint density at radius 3 is 2.40 bits per heavy atom. The molecule has 1 N–H and O–H groups in total. The molecule has 0 radical (unpaired) electrons. The molecule has 1 aliphatic carbocycles. The summed E-state index contributed by atoms with van der Waals surface area (Å²) in [6.45, 7) is 0. The lowest BCUT2D eigenvalue weighted by Gasteiger charge is -2.19. The van der Waals surface area contributed by atoms with E-state index >= 15 is 0 Å². The summed E-state index contributed by atoms with van der Waals surface area (Å²) in [6.07, 6.45) is 3.21. The maximum absolute atomic E-state index is 13.1. The van der Waals surface area contributed by atoms with Crippen LogP contribution in [0.3, 0.4) is 0 Å². The molecule has 15 heavy (non-hydrogen) atoms. The van der Waals surface area contributed by atoms with E-state index in [-0.39, 0.29) is 5.92 Å². The number of nitrogens with one attached hydrogen (secondary N) is 1. The predicted molar refractivity (Wildman–Crippen MR) is 55.8 cm³/mol. The van der Waals surface area contributed by atoms with Crippen molar-refractivity contribution in [3.63, 3.8) is 0 Å². The fourth-order valence-corrected chi connectivity index (χ4v) is 2.49. The van der Waals surface area contributed by atoms with Crippen molar-refractivity contribution in [1.29, 1.82) is 0 Å². The number of hydrogen-bond donors (Lipinski definition) is 1. The third-order valence-electron chi connectivity index (χ3n) is 3.20. The second kappa shape index (κ2) is 4.27. The summed E-state index contributed by atoms with van der Waals surface area (Å²) in [7, 11) is 1.90. The van der Waals surface area contributed by atoms with Crippen LogP contribution in [0.15, 0.2) is 18.2 Å². The van der Waals surface area contributed by atoms with Crippen LogP contribution < -0.4 is 5.32 Å². The van der Waals surface area contributed by atoms with E-state index in [0.717, 1.165) is 30.9 Å². The number of likely N-dealkylation sites (N-methyl/N-ethyl adjacent to an activating group) is 1. The molecule has 0 aromatic heterocycles. The Balaban J connectivity index is 2.28. The van der Waals surface area contributed by atoms with E-state index in [1.54, 1.807) is 0 Å². The smallest absolute Gasteiger partial charge is 0.126 e. The third kappa shape index (κ3) is 2.17. The van der Waals surface area contributed by atoms with Gasteiger partial charge in [-0.05, 0) is 43.5 Å². The Hall–Kier alpha value is -0.960. The molecule has 0 spiro atoms. The quantitative estimate of drug-likeness (QED) is 0.793. The predicted octanol–water partition coefficient (Wildman–Crippen LogP) is 2.82. The van der Waals surface area contributed by atoms with Gasteiger partial charge in [0.15, 0.2) is 0 Å². The molecule has 0 heterocycles. The van der Waals surface area contributed by atoms with Gasteiger partial charge in [-0.25, -0.2) is 8.78 Å². The van der Waals surface area contributed by atoms with Crippen molar-refractivity contribution < 1.29 is 8.78 Å². The summed E-state index contributed by atoms with van der Waals surface area (Å²) in [4.78, 5) is 0. The first-order chi connectivity index (χ1) is 7.20. The molecule has 0 aliphatic heterocycles. The van der Waals surface area contributed by atoms with Gasteiger partial charge in [-0.2, -0.15) is 0 Å². The minimum atomic E-state index is -0.480. The number of rotatable bonds is 2. The van der Waals surface area contributed by atoms with E-state index in [9.17, 15) is 8.78 Å². The Morgan fingerprint density at radius 1 is 1.13 bits per heavy atom. The van der Waals surface area contributed by atoms with Gasteiger partial charge in [0.1, 0.15) is 11.6 Å². The van der Waals surface area contributed by atoms with Crippen molar-refractivity contribution in [3.05, 3.63) is 35.4 Å². The number of benzene rings is 1. The van der Waals surface area contributed by atoms with Crippen molar-refractivity contribution in [2.24, 2.45) is 0 Å². The van der Waals surface area contributed by atoms with Crippen LogP contribution in [0.1, 0.15) is 30.7 Å². The Morgan fingerprint density at radius 2 is 1.80 bits per heavy atom. The van der Waals surface area contributed by atoms with Gasteiger partial charge < -0.3 is 5.32 Å². The minimum absolute atomic E-state index is 0.250. The zero-order chi connectivity index (χ0) is 10.8. The SMILES string of the molecule is CN[C@@H]1CCC[C@@H]1c1cc(F)cc(F)c1. The summed E-state index contributed by atoms with van der Waals surface area (Å²) in [5.41, 5.74) is 0.782. The van der Waals surface area contributed by atoms with Crippen LogP contribution in [0.25, 0.3) is 0 Å². The first-order valence-electron chi connectivity index (χ1n) is 5.34. The molecular formula is C12H15F2N. The maximum Gasteiger partial charge on any atom is 0.126 e.